The van der Waals surface area contributed by atoms with Crippen molar-refractivity contribution in [3.8, 4) is 12.3 Å². The average Bonchev–Trinajstić information content (AvgIpc) is 2.16. The summed E-state index contributed by atoms with van der Waals surface area (Å²) in [4.78, 5) is 0. The van der Waals surface area contributed by atoms with Gasteiger partial charge in [0.15, 0.2) is 0 Å². The fraction of sp³-hybridized carbons (Fsp3) is 0.846. The minimum atomic E-state index is 0.469. The summed E-state index contributed by atoms with van der Waals surface area (Å²) in [6.45, 7) is 6.93. The first-order valence-corrected chi connectivity index (χ1v) is 5.98. The number of hydrogen-bond acceptors (Lipinski definition) is 2. The lowest BCUT2D eigenvalue weighted by atomic mass is 9.82. The molecule has 2 heteroatoms. The summed E-state index contributed by atoms with van der Waals surface area (Å²) in [6.07, 6.45) is 9.41. The van der Waals surface area contributed by atoms with Crippen molar-refractivity contribution >= 4 is 0 Å². The van der Waals surface area contributed by atoms with E-state index in [0.717, 1.165) is 25.0 Å². The van der Waals surface area contributed by atoms with Crippen LogP contribution in [0.25, 0.3) is 0 Å². The smallest absolute Gasteiger partial charge is 0.0595 e. The van der Waals surface area contributed by atoms with Crippen LogP contribution in [0.1, 0.15) is 33.1 Å². The molecule has 86 valence electrons. The van der Waals surface area contributed by atoms with E-state index >= 15 is 0 Å². The standard InChI is InChI=1S/C13H23NO/c1-4-5-14-6-7-15-13-9-11(2)8-12(3)10-13/h1,11-14H,5-10H2,2-3H3. The first-order valence-electron chi connectivity index (χ1n) is 5.98. The Kier molecular flexibility index (Phi) is 5.75. The Hall–Kier alpha value is -0.520. The van der Waals surface area contributed by atoms with E-state index in [9.17, 15) is 0 Å². The maximum atomic E-state index is 5.84. The van der Waals surface area contributed by atoms with Crippen molar-refractivity contribution in [2.24, 2.45) is 11.8 Å². The highest BCUT2D eigenvalue weighted by Gasteiger charge is 2.23. The Bertz CT molecular complexity index is 199. The predicted molar refractivity (Wildman–Crippen MR) is 63.6 cm³/mol. The van der Waals surface area contributed by atoms with Gasteiger partial charge in [0, 0.05) is 6.54 Å². The van der Waals surface area contributed by atoms with Crippen molar-refractivity contribution in [3.05, 3.63) is 0 Å². The highest BCUT2D eigenvalue weighted by molar-refractivity contribution is 4.86. The van der Waals surface area contributed by atoms with Gasteiger partial charge in [0.1, 0.15) is 0 Å². The lowest BCUT2D eigenvalue weighted by Gasteiger charge is -2.31. The normalized spacial score (nSPS) is 31.1. The summed E-state index contributed by atoms with van der Waals surface area (Å²) < 4.78 is 5.84. The van der Waals surface area contributed by atoms with Gasteiger partial charge in [0.25, 0.3) is 0 Å². The number of terminal acetylenes is 1. The van der Waals surface area contributed by atoms with Crippen LogP contribution in [0.2, 0.25) is 0 Å². The van der Waals surface area contributed by atoms with Crippen molar-refractivity contribution in [3.63, 3.8) is 0 Å². The monoisotopic (exact) mass is 209 g/mol. The zero-order chi connectivity index (χ0) is 11.1. The maximum Gasteiger partial charge on any atom is 0.0595 e. The second kappa shape index (κ2) is 6.87. The molecule has 0 aromatic rings. The quantitative estimate of drug-likeness (QED) is 0.553. The third-order valence-corrected chi connectivity index (χ3v) is 2.99. The van der Waals surface area contributed by atoms with Crippen LogP contribution in [0.3, 0.4) is 0 Å². The fourth-order valence-electron chi connectivity index (χ4n) is 2.47. The summed E-state index contributed by atoms with van der Waals surface area (Å²) in [5.41, 5.74) is 0. The van der Waals surface area contributed by atoms with Crippen LogP contribution in [-0.4, -0.2) is 25.8 Å². The Morgan fingerprint density at radius 2 is 1.93 bits per heavy atom. The topological polar surface area (TPSA) is 21.3 Å². The third-order valence-electron chi connectivity index (χ3n) is 2.99. The van der Waals surface area contributed by atoms with Gasteiger partial charge in [-0.05, 0) is 31.1 Å². The van der Waals surface area contributed by atoms with Crippen molar-refractivity contribution in [2.45, 2.75) is 39.2 Å². The van der Waals surface area contributed by atoms with Crippen molar-refractivity contribution < 1.29 is 4.74 Å². The van der Waals surface area contributed by atoms with Crippen LogP contribution in [-0.2, 0) is 4.74 Å². The molecule has 0 heterocycles. The maximum absolute atomic E-state index is 5.84. The van der Waals surface area contributed by atoms with Crippen LogP contribution in [0.15, 0.2) is 0 Å². The molecule has 2 unspecified atom stereocenters. The number of hydrogen-bond donors (Lipinski definition) is 1. The zero-order valence-corrected chi connectivity index (χ0v) is 9.96. The van der Waals surface area contributed by atoms with Crippen LogP contribution < -0.4 is 5.32 Å². The van der Waals surface area contributed by atoms with Gasteiger partial charge < -0.3 is 10.1 Å². The Labute approximate surface area is 93.8 Å². The molecule has 2 atom stereocenters. The summed E-state index contributed by atoms with van der Waals surface area (Å²) in [5.74, 6) is 4.19. The van der Waals surface area contributed by atoms with Crippen LogP contribution in [0.5, 0.6) is 0 Å². The fourth-order valence-corrected chi connectivity index (χ4v) is 2.47. The molecule has 0 aromatic carbocycles. The molecule has 1 aliphatic carbocycles. The van der Waals surface area contributed by atoms with Gasteiger partial charge in [-0.25, -0.2) is 0 Å². The number of nitrogens with one attached hydrogen (secondary N) is 1. The molecule has 15 heavy (non-hydrogen) atoms. The Morgan fingerprint density at radius 1 is 1.27 bits per heavy atom. The molecule has 1 saturated carbocycles. The van der Waals surface area contributed by atoms with Gasteiger partial charge in [-0.15, -0.1) is 6.42 Å². The molecule has 1 fully saturated rings. The SMILES string of the molecule is C#CCNCCOC1CC(C)CC(C)C1. The molecule has 0 saturated heterocycles. The first kappa shape index (κ1) is 12.5. The Morgan fingerprint density at radius 3 is 2.53 bits per heavy atom. The second-order valence-electron chi connectivity index (χ2n) is 4.79. The van der Waals surface area contributed by atoms with Gasteiger partial charge in [-0.3, -0.25) is 0 Å². The van der Waals surface area contributed by atoms with Gasteiger partial charge in [0.2, 0.25) is 0 Å². The largest absolute Gasteiger partial charge is 0.377 e. The molecule has 0 amide bonds. The van der Waals surface area contributed by atoms with Gasteiger partial charge in [-0.1, -0.05) is 19.8 Å². The van der Waals surface area contributed by atoms with E-state index in [0.29, 0.717) is 12.6 Å². The molecule has 0 bridgehead atoms. The molecular weight excluding hydrogens is 186 g/mol. The lowest BCUT2D eigenvalue weighted by Crippen LogP contribution is -2.29. The average molecular weight is 209 g/mol. The van der Waals surface area contributed by atoms with E-state index in [1.165, 1.54) is 19.3 Å². The Balaban J connectivity index is 2.08. The first-order chi connectivity index (χ1) is 7.22. The lowest BCUT2D eigenvalue weighted by molar-refractivity contribution is 0.00299. The van der Waals surface area contributed by atoms with E-state index in [1.54, 1.807) is 0 Å². The minimum Gasteiger partial charge on any atom is -0.377 e. The van der Waals surface area contributed by atoms with Crippen molar-refractivity contribution in [1.29, 1.82) is 0 Å². The zero-order valence-electron chi connectivity index (χ0n) is 9.96. The van der Waals surface area contributed by atoms with Crippen LogP contribution >= 0.6 is 0 Å². The van der Waals surface area contributed by atoms with Gasteiger partial charge in [-0.2, -0.15) is 0 Å². The van der Waals surface area contributed by atoms with E-state index in [1.807, 2.05) is 0 Å². The molecule has 1 rings (SSSR count). The van der Waals surface area contributed by atoms with Gasteiger partial charge in [0.05, 0.1) is 19.3 Å². The van der Waals surface area contributed by atoms with Gasteiger partial charge >= 0.3 is 0 Å². The summed E-state index contributed by atoms with van der Waals surface area (Å²) in [7, 11) is 0. The molecule has 0 aliphatic heterocycles. The van der Waals surface area contributed by atoms with E-state index in [-0.39, 0.29) is 0 Å². The predicted octanol–water partition coefficient (Wildman–Crippen LogP) is 2.05. The summed E-state index contributed by atoms with van der Waals surface area (Å²) in [6, 6.07) is 0. The number of rotatable bonds is 5. The van der Waals surface area contributed by atoms with E-state index < -0.39 is 0 Å². The van der Waals surface area contributed by atoms with Crippen LogP contribution in [0.4, 0.5) is 0 Å². The highest BCUT2D eigenvalue weighted by Crippen LogP contribution is 2.30. The molecule has 2 nitrogen and oxygen atoms in total. The van der Waals surface area contributed by atoms with Crippen molar-refractivity contribution in [2.75, 3.05) is 19.7 Å². The third kappa shape index (κ3) is 5.20. The van der Waals surface area contributed by atoms with E-state index in [4.69, 9.17) is 11.2 Å². The second-order valence-corrected chi connectivity index (χ2v) is 4.79. The molecule has 0 radical (unpaired) electrons. The molecule has 1 N–H and O–H groups in total. The van der Waals surface area contributed by atoms with Crippen molar-refractivity contribution in [1.82, 2.24) is 5.32 Å². The summed E-state index contributed by atoms with van der Waals surface area (Å²) >= 11 is 0. The minimum absolute atomic E-state index is 0.469. The molecule has 1 aliphatic rings. The molecule has 0 aromatic heterocycles. The van der Waals surface area contributed by atoms with E-state index in [2.05, 4.69) is 25.1 Å². The summed E-state index contributed by atoms with van der Waals surface area (Å²) in [5, 5.41) is 3.14. The molecule has 0 spiro atoms. The van der Waals surface area contributed by atoms with Crippen LogP contribution in [0, 0.1) is 24.2 Å². The number of ether oxygens (including phenoxy) is 1. The molecular formula is C13H23NO. The highest BCUT2D eigenvalue weighted by atomic mass is 16.5.